The normalized spacial score (nSPS) is 16.8. The summed E-state index contributed by atoms with van der Waals surface area (Å²) in [6.07, 6.45) is 0. The van der Waals surface area contributed by atoms with Gasteiger partial charge in [-0.25, -0.2) is 4.79 Å². The molecule has 0 saturated heterocycles. The predicted molar refractivity (Wildman–Crippen MR) is 95.7 cm³/mol. The molecule has 2 aromatic rings. The molecule has 0 aliphatic heterocycles. The summed E-state index contributed by atoms with van der Waals surface area (Å²) < 4.78 is 36.5. The lowest BCUT2D eigenvalue weighted by atomic mass is 9.89. The van der Waals surface area contributed by atoms with Crippen molar-refractivity contribution in [3.8, 4) is 0 Å². The molecule has 25 heavy (non-hydrogen) atoms. The largest absolute Gasteiger partial charge is 0.476 e. The molecule has 1 aromatic heterocycles. The maximum absolute atomic E-state index is 12.3. The zero-order chi connectivity index (χ0) is 18.9. The number of hydroxylamine groups is 2. The van der Waals surface area contributed by atoms with Gasteiger partial charge >= 0.3 is 16.4 Å². The van der Waals surface area contributed by atoms with Crippen molar-refractivity contribution in [3.63, 3.8) is 0 Å². The molecule has 2 N–H and O–H groups in total. The van der Waals surface area contributed by atoms with Crippen LogP contribution >= 0.6 is 22.9 Å². The number of nitrogens with zero attached hydrogens (tertiary/aromatic N) is 1. The maximum atomic E-state index is 12.3. The van der Waals surface area contributed by atoms with E-state index in [1.165, 1.54) is 25.1 Å². The van der Waals surface area contributed by atoms with Gasteiger partial charge < -0.3 is 5.11 Å². The molecular weight excluding hydrogens is 390 g/mol. The fourth-order valence-corrected chi connectivity index (χ4v) is 4.81. The second kappa shape index (κ2) is 7.02. The molecule has 0 bridgehead atoms. The molecule has 10 heteroatoms. The minimum Gasteiger partial charge on any atom is -0.476 e. The Morgan fingerprint density at radius 2 is 1.96 bits per heavy atom. The van der Waals surface area contributed by atoms with Crippen LogP contribution in [0, 0.1) is 0 Å². The van der Waals surface area contributed by atoms with E-state index in [1.54, 1.807) is 30.5 Å². The first kappa shape index (κ1) is 19.8. The third kappa shape index (κ3) is 3.43. The van der Waals surface area contributed by atoms with Crippen LogP contribution in [0.25, 0.3) is 0 Å². The van der Waals surface area contributed by atoms with Crippen LogP contribution in [0.4, 0.5) is 5.00 Å². The van der Waals surface area contributed by atoms with E-state index >= 15 is 0 Å². The monoisotopic (exact) mass is 406 g/mol. The molecule has 0 spiro atoms. The maximum Gasteiger partial charge on any atom is 0.442 e. The number of carboxylic acids is 1. The van der Waals surface area contributed by atoms with Crippen molar-refractivity contribution in [1.82, 2.24) is 4.65 Å². The molecule has 1 aromatic carbocycles. The van der Waals surface area contributed by atoms with Crippen molar-refractivity contribution >= 4 is 44.3 Å². The smallest absolute Gasteiger partial charge is 0.442 e. The quantitative estimate of drug-likeness (QED) is 0.415. The predicted octanol–water partition coefficient (Wildman–Crippen LogP) is 3.46. The fourth-order valence-electron chi connectivity index (χ4n) is 2.81. The Balaban J connectivity index is 2.89. The molecule has 136 valence electrons. The van der Waals surface area contributed by atoms with Gasteiger partial charge in [0.2, 0.25) is 5.00 Å². The second-order valence-corrected chi connectivity index (χ2v) is 7.70. The topological polar surface area (TPSA) is 101 Å². The third-order valence-corrected chi connectivity index (χ3v) is 5.80. The molecule has 0 fully saturated rings. The SMILES string of the molecule is CC[N+](OS(=O)(=O)O)(c1cccs1)C(C)(C(=O)O)c1ccccc1Cl. The number of hydrogen-bond acceptors (Lipinski definition) is 5. The minimum atomic E-state index is -4.98. The summed E-state index contributed by atoms with van der Waals surface area (Å²) in [7, 11) is -4.98. The Bertz CT molecular complexity index is 870. The van der Waals surface area contributed by atoms with Gasteiger partial charge in [0, 0.05) is 18.6 Å². The number of carboxylic acid groups (broad SMARTS) is 1. The van der Waals surface area contributed by atoms with Crippen LogP contribution in [0.1, 0.15) is 19.4 Å². The van der Waals surface area contributed by atoms with E-state index in [2.05, 4.69) is 0 Å². The molecule has 2 atom stereocenters. The molecular formula is C15H17ClNO6S2+. The third-order valence-electron chi connectivity index (χ3n) is 4.07. The van der Waals surface area contributed by atoms with Gasteiger partial charge in [0.05, 0.1) is 5.02 Å². The van der Waals surface area contributed by atoms with E-state index in [-0.39, 0.29) is 22.1 Å². The van der Waals surface area contributed by atoms with Crippen LogP contribution < -0.4 is 4.65 Å². The number of hydrogen-bond donors (Lipinski definition) is 2. The first-order valence-electron chi connectivity index (χ1n) is 7.17. The van der Waals surface area contributed by atoms with E-state index in [4.69, 9.17) is 15.9 Å². The van der Waals surface area contributed by atoms with Crippen LogP contribution in [-0.2, 0) is 25.0 Å². The van der Waals surface area contributed by atoms with Gasteiger partial charge in [0.1, 0.15) is 6.54 Å². The van der Waals surface area contributed by atoms with Crippen molar-refractivity contribution < 1.29 is 27.2 Å². The van der Waals surface area contributed by atoms with E-state index < -0.39 is 26.6 Å². The standard InChI is InChI=1S/C15H16ClNO6S2/c1-3-17(23-25(20,21)22,13-9-6-10-24-13)15(2,14(18)19)11-7-4-5-8-12(11)16/h4-10H,3H2,1-2H3,(H-,18,19,20,21,22)/p+1. The summed E-state index contributed by atoms with van der Waals surface area (Å²) in [5.74, 6) is -1.36. The number of halogens is 1. The zero-order valence-corrected chi connectivity index (χ0v) is 15.8. The summed E-state index contributed by atoms with van der Waals surface area (Å²) in [6.45, 7) is 2.77. The van der Waals surface area contributed by atoms with E-state index in [1.807, 2.05) is 0 Å². The van der Waals surface area contributed by atoms with Gasteiger partial charge in [0.15, 0.2) is 0 Å². The first-order valence-corrected chi connectivity index (χ1v) is 9.80. The van der Waals surface area contributed by atoms with Crippen molar-refractivity contribution in [1.29, 1.82) is 0 Å². The van der Waals surface area contributed by atoms with Crippen LogP contribution in [0.5, 0.6) is 0 Å². The van der Waals surface area contributed by atoms with E-state index in [0.29, 0.717) is 0 Å². The number of likely N-dealkylation sites (N-methyl/N-ethyl adjacent to an activating group) is 1. The van der Waals surface area contributed by atoms with Crippen molar-refractivity contribution in [2.24, 2.45) is 0 Å². The average molecular weight is 407 g/mol. The van der Waals surface area contributed by atoms with Gasteiger partial charge in [-0.1, -0.05) is 45.8 Å². The average Bonchev–Trinajstić information content (AvgIpc) is 3.06. The van der Waals surface area contributed by atoms with Gasteiger partial charge in [0.25, 0.3) is 5.54 Å². The molecule has 0 aliphatic rings. The molecule has 0 radical (unpaired) electrons. The summed E-state index contributed by atoms with van der Waals surface area (Å²) in [6, 6.07) is 9.38. The highest BCUT2D eigenvalue weighted by molar-refractivity contribution is 7.80. The summed E-state index contributed by atoms with van der Waals surface area (Å²) >= 11 is 7.32. The lowest BCUT2D eigenvalue weighted by molar-refractivity contribution is -0.176. The Morgan fingerprint density at radius 1 is 1.32 bits per heavy atom. The molecule has 0 saturated carbocycles. The van der Waals surface area contributed by atoms with Gasteiger partial charge in [-0.3, -0.25) is 4.55 Å². The van der Waals surface area contributed by atoms with Gasteiger partial charge in [-0.05, 0) is 28.7 Å². The van der Waals surface area contributed by atoms with Crippen LogP contribution in [-0.4, -0.2) is 30.6 Å². The van der Waals surface area contributed by atoms with Crippen LogP contribution in [0.3, 0.4) is 0 Å². The molecule has 0 aliphatic carbocycles. The Kier molecular flexibility index (Phi) is 5.57. The highest BCUT2D eigenvalue weighted by Gasteiger charge is 2.61. The molecule has 1 heterocycles. The molecule has 0 amide bonds. The summed E-state index contributed by atoms with van der Waals surface area (Å²) in [4.78, 5) is 12.3. The molecule has 7 nitrogen and oxygen atoms in total. The second-order valence-electron chi connectivity index (χ2n) is 5.37. The van der Waals surface area contributed by atoms with E-state index in [0.717, 1.165) is 11.3 Å². The summed E-state index contributed by atoms with van der Waals surface area (Å²) in [5, 5.41) is 12.1. The van der Waals surface area contributed by atoms with Crippen molar-refractivity contribution in [2.75, 3.05) is 6.54 Å². The number of benzene rings is 1. The molecule has 2 unspecified atom stereocenters. The van der Waals surface area contributed by atoms with Gasteiger partial charge in [-0.15, -0.1) is 0 Å². The zero-order valence-electron chi connectivity index (χ0n) is 13.4. The number of carbonyl (C=O) groups is 1. The number of thiophene rings is 1. The number of aliphatic carboxylic acids is 1. The number of quaternary nitrogens is 1. The number of rotatable bonds is 7. The fraction of sp³-hybridized carbons (Fsp3) is 0.267. The molecule has 2 rings (SSSR count). The Hall–Kier alpha value is -1.49. The lowest BCUT2D eigenvalue weighted by Gasteiger charge is -2.42. The Morgan fingerprint density at radius 3 is 2.40 bits per heavy atom. The van der Waals surface area contributed by atoms with Gasteiger partial charge in [-0.2, -0.15) is 8.42 Å². The van der Waals surface area contributed by atoms with Crippen LogP contribution in [0.2, 0.25) is 5.02 Å². The van der Waals surface area contributed by atoms with Crippen molar-refractivity contribution in [3.05, 3.63) is 52.4 Å². The van der Waals surface area contributed by atoms with Crippen molar-refractivity contribution in [2.45, 2.75) is 19.4 Å². The van der Waals surface area contributed by atoms with E-state index in [9.17, 15) is 22.9 Å². The highest BCUT2D eigenvalue weighted by atomic mass is 35.5. The summed E-state index contributed by atoms with van der Waals surface area (Å²) in [5.41, 5.74) is -1.80. The minimum absolute atomic E-state index is 0.103. The lowest BCUT2D eigenvalue weighted by Crippen LogP contribution is -2.66. The first-order chi connectivity index (χ1) is 11.6. The Labute approximate surface area is 154 Å². The highest BCUT2D eigenvalue weighted by Crippen LogP contribution is 2.46. The van der Waals surface area contributed by atoms with Crippen LogP contribution in [0.15, 0.2) is 41.8 Å².